The lowest BCUT2D eigenvalue weighted by Crippen LogP contribution is -2.31. The molecule has 17 heavy (non-hydrogen) atoms. The lowest BCUT2D eigenvalue weighted by molar-refractivity contribution is 0.0794. The number of carbonyl (C=O) groups excluding carboxylic acids is 1. The number of aromatic hydroxyl groups is 1. The number of phenolic OH excluding ortho intramolecular Hbond substituents is 1. The highest BCUT2D eigenvalue weighted by atomic mass is 16.3. The molecule has 1 N–H and O–H groups in total. The molecule has 5 heteroatoms. The maximum Gasteiger partial charge on any atom is 0.255 e. The molecule has 0 radical (unpaired) electrons. The van der Waals surface area contributed by atoms with Crippen molar-refractivity contribution >= 4 is 5.91 Å². The van der Waals surface area contributed by atoms with Gasteiger partial charge >= 0.3 is 0 Å². The normalized spacial score (nSPS) is 9.12. The number of amides is 1. The maximum atomic E-state index is 11.9. The second kappa shape index (κ2) is 5.53. The third kappa shape index (κ3) is 2.96. The van der Waals surface area contributed by atoms with Crippen LogP contribution in [0.5, 0.6) is 5.75 Å². The van der Waals surface area contributed by atoms with E-state index in [4.69, 9.17) is 10.5 Å². The smallest absolute Gasteiger partial charge is 0.255 e. The first-order valence-electron chi connectivity index (χ1n) is 4.93. The topological polar surface area (TPSA) is 88.1 Å². The standard InChI is InChI=1S/C12H11N3O2/c1-9-8-10(2-3-11(9)16)12(17)15(6-4-13)7-5-14/h2-3,8,16H,6-7H2,1H3. The number of phenols is 1. The molecular weight excluding hydrogens is 218 g/mol. The molecule has 5 nitrogen and oxygen atoms in total. The van der Waals surface area contributed by atoms with Crippen molar-refractivity contribution in [2.24, 2.45) is 0 Å². The lowest BCUT2D eigenvalue weighted by Gasteiger charge is -2.16. The molecule has 86 valence electrons. The van der Waals surface area contributed by atoms with Gasteiger partial charge in [-0.05, 0) is 30.7 Å². The van der Waals surface area contributed by atoms with Crippen LogP contribution < -0.4 is 0 Å². The summed E-state index contributed by atoms with van der Waals surface area (Å²) in [5.41, 5.74) is 0.926. The van der Waals surface area contributed by atoms with Crippen LogP contribution >= 0.6 is 0 Å². The summed E-state index contributed by atoms with van der Waals surface area (Å²) in [6.07, 6.45) is 0. The van der Waals surface area contributed by atoms with E-state index < -0.39 is 5.91 Å². The van der Waals surface area contributed by atoms with Crippen molar-refractivity contribution in [1.29, 1.82) is 10.5 Å². The fraction of sp³-hybridized carbons (Fsp3) is 0.250. The van der Waals surface area contributed by atoms with Crippen molar-refractivity contribution in [3.8, 4) is 17.9 Å². The summed E-state index contributed by atoms with van der Waals surface area (Å²) in [6, 6.07) is 8.08. The van der Waals surface area contributed by atoms with Gasteiger partial charge in [0.05, 0.1) is 12.1 Å². The van der Waals surface area contributed by atoms with E-state index in [0.717, 1.165) is 4.90 Å². The molecule has 1 aromatic rings. The number of nitriles is 2. The average Bonchev–Trinajstić information content (AvgIpc) is 2.31. The molecule has 0 saturated carbocycles. The van der Waals surface area contributed by atoms with Crippen molar-refractivity contribution < 1.29 is 9.90 Å². The minimum atomic E-state index is -0.392. The summed E-state index contributed by atoms with van der Waals surface area (Å²) in [6.45, 7) is 1.41. The van der Waals surface area contributed by atoms with Gasteiger partial charge in [0.25, 0.3) is 5.91 Å². The van der Waals surface area contributed by atoms with Crippen LogP contribution in [0.3, 0.4) is 0 Å². The first kappa shape index (κ1) is 12.5. The maximum absolute atomic E-state index is 11.9. The highest BCUT2D eigenvalue weighted by Gasteiger charge is 2.15. The summed E-state index contributed by atoms with van der Waals surface area (Å²) in [4.78, 5) is 13.1. The molecule has 0 heterocycles. The molecule has 0 bridgehead atoms. The minimum absolute atomic E-state index is 0.105. The number of hydrogen-bond donors (Lipinski definition) is 1. The Kier molecular flexibility index (Phi) is 4.08. The van der Waals surface area contributed by atoms with E-state index in [1.54, 1.807) is 6.92 Å². The van der Waals surface area contributed by atoms with Crippen molar-refractivity contribution in [3.63, 3.8) is 0 Å². The zero-order valence-corrected chi connectivity index (χ0v) is 9.34. The van der Waals surface area contributed by atoms with E-state index in [1.165, 1.54) is 18.2 Å². The summed E-state index contributed by atoms with van der Waals surface area (Å²) < 4.78 is 0. The van der Waals surface area contributed by atoms with Crippen molar-refractivity contribution in [2.45, 2.75) is 6.92 Å². The SMILES string of the molecule is Cc1cc(C(=O)N(CC#N)CC#N)ccc1O. The number of aryl methyl sites for hydroxylation is 1. The van der Waals surface area contributed by atoms with Crippen LogP contribution in [0.25, 0.3) is 0 Å². The van der Waals surface area contributed by atoms with E-state index in [-0.39, 0.29) is 18.8 Å². The van der Waals surface area contributed by atoms with E-state index in [9.17, 15) is 9.90 Å². The predicted molar refractivity (Wildman–Crippen MR) is 60.0 cm³/mol. The lowest BCUT2D eigenvalue weighted by atomic mass is 10.1. The Hall–Kier alpha value is -2.53. The zero-order chi connectivity index (χ0) is 12.8. The van der Waals surface area contributed by atoms with Crippen LogP contribution in [-0.2, 0) is 0 Å². The molecule has 0 atom stereocenters. The van der Waals surface area contributed by atoms with E-state index >= 15 is 0 Å². The highest BCUT2D eigenvalue weighted by molar-refractivity contribution is 5.94. The average molecular weight is 229 g/mol. The van der Waals surface area contributed by atoms with Gasteiger partial charge in [-0.2, -0.15) is 10.5 Å². The zero-order valence-electron chi connectivity index (χ0n) is 9.34. The highest BCUT2D eigenvalue weighted by Crippen LogP contribution is 2.17. The molecule has 0 fully saturated rings. The minimum Gasteiger partial charge on any atom is -0.508 e. The fourth-order valence-corrected chi connectivity index (χ4v) is 1.34. The van der Waals surface area contributed by atoms with Gasteiger partial charge in [0.2, 0.25) is 0 Å². The Balaban J connectivity index is 2.98. The summed E-state index contributed by atoms with van der Waals surface area (Å²) in [5, 5.41) is 26.5. The first-order valence-corrected chi connectivity index (χ1v) is 4.93. The molecule has 0 aliphatic carbocycles. The first-order chi connectivity index (χ1) is 8.10. The molecule has 1 amide bonds. The van der Waals surface area contributed by atoms with E-state index in [1.807, 2.05) is 12.1 Å². The predicted octanol–water partition coefficient (Wildman–Crippen LogP) is 1.19. The summed E-state index contributed by atoms with van der Waals surface area (Å²) >= 11 is 0. The van der Waals surface area contributed by atoms with Crippen LogP contribution in [0.15, 0.2) is 18.2 Å². The second-order valence-corrected chi connectivity index (χ2v) is 3.48. The largest absolute Gasteiger partial charge is 0.508 e. The summed E-state index contributed by atoms with van der Waals surface area (Å²) in [5.74, 6) is -0.287. The van der Waals surface area contributed by atoms with Crippen LogP contribution in [0.2, 0.25) is 0 Å². The Morgan fingerprint density at radius 2 is 1.94 bits per heavy atom. The van der Waals surface area contributed by atoms with Gasteiger partial charge in [-0.3, -0.25) is 4.79 Å². The van der Waals surface area contributed by atoms with E-state index in [2.05, 4.69) is 0 Å². The van der Waals surface area contributed by atoms with Gasteiger partial charge in [0.1, 0.15) is 18.8 Å². The number of benzene rings is 1. The fourth-order valence-electron chi connectivity index (χ4n) is 1.34. The van der Waals surface area contributed by atoms with Gasteiger partial charge < -0.3 is 10.0 Å². The Bertz CT molecular complexity index is 495. The van der Waals surface area contributed by atoms with Crippen LogP contribution in [0, 0.1) is 29.6 Å². The van der Waals surface area contributed by atoms with Crippen LogP contribution in [-0.4, -0.2) is 29.0 Å². The quantitative estimate of drug-likeness (QED) is 0.788. The molecule has 0 unspecified atom stereocenters. The monoisotopic (exact) mass is 229 g/mol. The number of hydrogen-bond acceptors (Lipinski definition) is 4. The number of carbonyl (C=O) groups is 1. The summed E-state index contributed by atoms with van der Waals surface area (Å²) in [7, 11) is 0. The molecular formula is C12H11N3O2. The van der Waals surface area contributed by atoms with Crippen molar-refractivity contribution in [2.75, 3.05) is 13.1 Å². The Morgan fingerprint density at radius 3 is 2.41 bits per heavy atom. The molecule has 1 rings (SSSR count). The number of rotatable bonds is 3. The van der Waals surface area contributed by atoms with Gasteiger partial charge in [0.15, 0.2) is 0 Å². The molecule has 1 aromatic carbocycles. The van der Waals surface area contributed by atoms with Gasteiger partial charge in [-0.25, -0.2) is 0 Å². The molecule has 0 aromatic heterocycles. The Morgan fingerprint density at radius 1 is 1.35 bits per heavy atom. The van der Waals surface area contributed by atoms with Gasteiger partial charge in [-0.1, -0.05) is 0 Å². The molecule has 0 aliphatic heterocycles. The molecule has 0 aliphatic rings. The Labute approximate surface area is 99.1 Å². The third-order valence-electron chi connectivity index (χ3n) is 2.25. The van der Waals surface area contributed by atoms with Crippen molar-refractivity contribution in [1.82, 2.24) is 4.90 Å². The van der Waals surface area contributed by atoms with Crippen LogP contribution in [0.4, 0.5) is 0 Å². The third-order valence-corrected chi connectivity index (χ3v) is 2.25. The van der Waals surface area contributed by atoms with E-state index in [0.29, 0.717) is 11.1 Å². The second-order valence-electron chi connectivity index (χ2n) is 3.48. The molecule has 0 saturated heterocycles. The molecule has 0 spiro atoms. The van der Waals surface area contributed by atoms with Gasteiger partial charge in [0, 0.05) is 5.56 Å². The number of nitrogens with zero attached hydrogens (tertiary/aromatic N) is 3. The van der Waals surface area contributed by atoms with Gasteiger partial charge in [-0.15, -0.1) is 0 Å². The van der Waals surface area contributed by atoms with Crippen LogP contribution in [0.1, 0.15) is 15.9 Å². The van der Waals surface area contributed by atoms with Crippen molar-refractivity contribution in [3.05, 3.63) is 29.3 Å².